The van der Waals surface area contributed by atoms with Gasteiger partial charge in [-0.05, 0) is 36.6 Å². The molecule has 2 aromatic carbocycles. The summed E-state index contributed by atoms with van der Waals surface area (Å²) in [7, 11) is 0. The van der Waals surface area contributed by atoms with Gasteiger partial charge in [-0.25, -0.2) is 8.78 Å². The van der Waals surface area contributed by atoms with Crippen LogP contribution in [0.25, 0.3) is 0 Å². The lowest BCUT2D eigenvalue weighted by molar-refractivity contribution is -0.146. The second-order valence-electron chi connectivity index (χ2n) is 7.07. The normalized spacial score (nSPS) is 23.2. The van der Waals surface area contributed by atoms with Crippen molar-refractivity contribution in [3.05, 3.63) is 71.3 Å². The minimum absolute atomic E-state index is 0.0762. The molecule has 1 aliphatic heterocycles. The first kappa shape index (κ1) is 18.1. The molecule has 0 spiro atoms. The van der Waals surface area contributed by atoms with Crippen LogP contribution in [-0.4, -0.2) is 36.1 Å². The number of carbonyl (C=O) groups is 1. The molecule has 2 aromatic rings. The molecule has 6 heteroatoms. The second-order valence-corrected chi connectivity index (χ2v) is 7.07. The van der Waals surface area contributed by atoms with E-state index in [1.54, 1.807) is 0 Å². The second kappa shape index (κ2) is 7.74. The molecule has 2 fully saturated rings. The first-order chi connectivity index (χ1) is 13.1. The van der Waals surface area contributed by atoms with Crippen LogP contribution in [0.15, 0.2) is 48.5 Å². The number of benzene rings is 2. The Hall–Kier alpha value is -2.31. The average molecular weight is 372 g/mol. The van der Waals surface area contributed by atoms with E-state index < -0.39 is 17.7 Å². The molecule has 1 amide bonds. The third kappa shape index (κ3) is 4.01. The molecule has 1 saturated carbocycles. The molecular formula is C21H22F2N2O2. The van der Waals surface area contributed by atoms with E-state index >= 15 is 0 Å². The Morgan fingerprint density at radius 1 is 1.15 bits per heavy atom. The maximum Gasteiger partial charge on any atom is 0.251 e. The van der Waals surface area contributed by atoms with E-state index in [-0.39, 0.29) is 24.1 Å². The highest BCUT2D eigenvalue weighted by Gasteiger charge is 2.43. The highest BCUT2D eigenvalue weighted by molar-refractivity contribution is 5.82. The molecule has 27 heavy (non-hydrogen) atoms. The standard InChI is InChI=1S/C21H22F2N2O2/c22-16-6-9-18(23)15(12-16)13-24-21(26)20-19(14-4-2-1-3-5-14)25(10-11-27-20)17-7-8-17/h1-6,9,12,17,19-20H,7-8,10-11,13H2,(H,24,26)/t19-,20+/m0/s1. The number of ether oxygens (including phenoxy) is 1. The van der Waals surface area contributed by atoms with Gasteiger partial charge < -0.3 is 10.1 Å². The summed E-state index contributed by atoms with van der Waals surface area (Å²) in [6, 6.07) is 13.4. The van der Waals surface area contributed by atoms with Gasteiger partial charge >= 0.3 is 0 Å². The quantitative estimate of drug-likeness (QED) is 0.877. The maximum absolute atomic E-state index is 13.8. The summed E-state index contributed by atoms with van der Waals surface area (Å²) in [5, 5.41) is 2.72. The molecular weight excluding hydrogens is 350 g/mol. The van der Waals surface area contributed by atoms with Crippen molar-refractivity contribution >= 4 is 5.91 Å². The number of hydrogen-bond acceptors (Lipinski definition) is 3. The highest BCUT2D eigenvalue weighted by Crippen LogP contribution is 2.38. The van der Waals surface area contributed by atoms with Crippen LogP contribution in [0.5, 0.6) is 0 Å². The summed E-state index contributed by atoms with van der Waals surface area (Å²) in [6.45, 7) is 1.19. The van der Waals surface area contributed by atoms with Gasteiger partial charge in [0.15, 0.2) is 6.10 Å². The van der Waals surface area contributed by atoms with Gasteiger partial charge in [-0.1, -0.05) is 30.3 Å². The van der Waals surface area contributed by atoms with Crippen molar-refractivity contribution < 1.29 is 18.3 Å². The minimum atomic E-state index is -0.682. The predicted molar refractivity (Wildman–Crippen MR) is 96.9 cm³/mol. The Bertz CT molecular complexity index is 811. The number of rotatable bonds is 5. The SMILES string of the molecule is O=C(NCc1cc(F)ccc1F)[C@@H]1OCCN(C2CC2)[C@H]1c1ccccc1. The Kier molecular flexibility index (Phi) is 5.18. The third-order valence-corrected chi connectivity index (χ3v) is 5.17. The lowest BCUT2D eigenvalue weighted by atomic mass is 9.97. The molecule has 1 saturated heterocycles. The van der Waals surface area contributed by atoms with Gasteiger partial charge in [-0.15, -0.1) is 0 Å². The Morgan fingerprint density at radius 3 is 2.67 bits per heavy atom. The van der Waals surface area contributed by atoms with E-state index in [9.17, 15) is 13.6 Å². The molecule has 0 unspecified atom stereocenters. The van der Waals surface area contributed by atoms with E-state index in [0.29, 0.717) is 12.6 Å². The van der Waals surface area contributed by atoms with Crippen LogP contribution in [-0.2, 0) is 16.1 Å². The Balaban J connectivity index is 1.52. The van der Waals surface area contributed by atoms with E-state index in [2.05, 4.69) is 10.2 Å². The first-order valence-electron chi connectivity index (χ1n) is 9.27. The van der Waals surface area contributed by atoms with Crippen molar-refractivity contribution in [1.29, 1.82) is 0 Å². The fourth-order valence-corrected chi connectivity index (χ4v) is 3.70. The molecule has 2 aliphatic rings. The van der Waals surface area contributed by atoms with Crippen LogP contribution in [0.4, 0.5) is 8.78 Å². The molecule has 4 nitrogen and oxygen atoms in total. The number of amides is 1. The van der Waals surface area contributed by atoms with Crippen LogP contribution in [0, 0.1) is 11.6 Å². The molecule has 0 radical (unpaired) electrons. The Morgan fingerprint density at radius 2 is 1.93 bits per heavy atom. The van der Waals surface area contributed by atoms with E-state index in [1.165, 1.54) is 0 Å². The molecule has 1 aliphatic carbocycles. The number of morpholine rings is 1. The topological polar surface area (TPSA) is 41.6 Å². The van der Waals surface area contributed by atoms with Crippen LogP contribution < -0.4 is 5.32 Å². The van der Waals surface area contributed by atoms with Gasteiger partial charge in [-0.2, -0.15) is 0 Å². The highest BCUT2D eigenvalue weighted by atomic mass is 19.1. The molecule has 2 atom stereocenters. The number of nitrogens with one attached hydrogen (secondary N) is 1. The van der Waals surface area contributed by atoms with Crippen molar-refractivity contribution in [2.45, 2.75) is 37.6 Å². The largest absolute Gasteiger partial charge is 0.365 e. The summed E-state index contributed by atoms with van der Waals surface area (Å²) in [5.74, 6) is -1.38. The van der Waals surface area contributed by atoms with Gasteiger partial charge in [0.2, 0.25) is 0 Å². The molecule has 4 rings (SSSR count). The van der Waals surface area contributed by atoms with Crippen LogP contribution in [0.3, 0.4) is 0 Å². The number of halogens is 2. The lowest BCUT2D eigenvalue weighted by Crippen LogP contribution is -2.52. The summed E-state index contributed by atoms with van der Waals surface area (Å²) < 4.78 is 33.0. The van der Waals surface area contributed by atoms with Gasteiger partial charge in [0.1, 0.15) is 11.6 Å². The molecule has 0 bridgehead atoms. The maximum atomic E-state index is 13.8. The van der Waals surface area contributed by atoms with Crippen molar-refractivity contribution in [1.82, 2.24) is 10.2 Å². The van der Waals surface area contributed by atoms with Crippen molar-refractivity contribution in [3.63, 3.8) is 0 Å². The zero-order chi connectivity index (χ0) is 18.8. The Labute approximate surface area is 157 Å². The summed E-state index contributed by atoms with van der Waals surface area (Å²) in [6.07, 6.45) is 1.58. The van der Waals surface area contributed by atoms with Gasteiger partial charge in [-0.3, -0.25) is 9.69 Å². The van der Waals surface area contributed by atoms with Gasteiger partial charge in [0, 0.05) is 24.7 Å². The van der Waals surface area contributed by atoms with E-state index in [0.717, 1.165) is 43.1 Å². The zero-order valence-corrected chi connectivity index (χ0v) is 14.9. The predicted octanol–water partition coefficient (Wildman–Crippen LogP) is 3.19. The zero-order valence-electron chi connectivity index (χ0n) is 14.9. The van der Waals surface area contributed by atoms with E-state index in [4.69, 9.17) is 4.74 Å². The first-order valence-corrected chi connectivity index (χ1v) is 9.27. The van der Waals surface area contributed by atoms with Gasteiger partial charge in [0.25, 0.3) is 5.91 Å². The number of nitrogens with zero attached hydrogens (tertiary/aromatic N) is 1. The number of hydrogen-bond donors (Lipinski definition) is 1. The number of carbonyl (C=O) groups excluding carboxylic acids is 1. The summed E-state index contributed by atoms with van der Waals surface area (Å²) in [5.41, 5.74) is 1.15. The van der Waals surface area contributed by atoms with Gasteiger partial charge in [0.05, 0.1) is 12.6 Å². The van der Waals surface area contributed by atoms with Crippen molar-refractivity contribution in [2.75, 3.05) is 13.2 Å². The fourth-order valence-electron chi connectivity index (χ4n) is 3.70. The van der Waals surface area contributed by atoms with Crippen molar-refractivity contribution in [3.8, 4) is 0 Å². The molecule has 1 heterocycles. The van der Waals surface area contributed by atoms with Crippen LogP contribution in [0.2, 0.25) is 0 Å². The minimum Gasteiger partial charge on any atom is -0.365 e. The van der Waals surface area contributed by atoms with E-state index in [1.807, 2.05) is 30.3 Å². The summed E-state index contributed by atoms with van der Waals surface area (Å²) >= 11 is 0. The van der Waals surface area contributed by atoms with Crippen LogP contribution in [0.1, 0.15) is 30.0 Å². The summed E-state index contributed by atoms with van der Waals surface area (Å²) in [4.78, 5) is 15.2. The third-order valence-electron chi connectivity index (χ3n) is 5.17. The van der Waals surface area contributed by atoms with Crippen molar-refractivity contribution in [2.24, 2.45) is 0 Å². The lowest BCUT2D eigenvalue weighted by Gasteiger charge is -2.41. The fraction of sp³-hybridized carbons (Fsp3) is 0.381. The molecule has 1 N–H and O–H groups in total. The smallest absolute Gasteiger partial charge is 0.251 e. The average Bonchev–Trinajstić information content (AvgIpc) is 3.54. The molecule has 142 valence electrons. The molecule has 0 aromatic heterocycles. The van der Waals surface area contributed by atoms with Crippen LogP contribution >= 0.6 is 0 Å². The monoisotopic (exact) mass is 372 g/mol.